The summed E-state index contributed by atoms with van der Waals surface area (Å²) >= 11 is 3.51. The van der Waals surface area contributed by atoms with E-state index in [9.17, 15) is 5.11 Å². The van der Waals surface area contributed by atoms with Crippen LogP contribution in [0.1, 0.15) is 53.1 Å². The number of hydrogen-bond acceptors (Lipinski definition) is 1. The first kappa shape index (κ1) is 17.1. The maximum absolute atomic E-state index is 9.97. The van der Waals surface area contributed by atoms with Crippen molar-refractivity contribution in [3.63, 3.8) is 0 Å². The van der Waals surface area contributed by atoms with E-state index in [2.05, 4.69) is 61.8 Å². The second-order valence-electron chi connectivity index (χ2n) is 6.37. The van der Waals surface area contributed by atoms with Crippen LogP contribution in [0.15, 0.2) is 30.3 Å². The molecule has 0 saturated heterocycles. The lowest BCUT2D eigenvalue weighted by Gasteiger charge is -2.15. The molecule has 0 spiro atoms. The third-order valence-corrected chi connectivity index (χ3v) is 4.63. The smallest absolute Gasteiger partial charge is 0.119 e. The Morgan fingerprint density at radius 2 is 1.64 bits per heavy atom. The fourth-order valence-electron chi connectivity index (χ4n) is 3.00. The standard InChI is InChI=1S/C20H25BrO/c1-13(2)18-11-16(5-6-20(18)22)12-19-14(3)9-17(7-8-21)10-15(19)4/h5-6,9-11,13,22H,7-8,12H2,1-4H3. The first-order valence-electron chi connectivity index (χ1n) is 7.89. The van der Waals surface area contributed by atoms with Gasteiger partial charge in [-0.2, -0.15) is 0 Å². The predicted molar refractivity (Wildman–Crippen MR) is 98.4 cm³/mol. The van der Waals surface area contributed by atoms with Gasteiger partial charge in [-0.15, -0.1) is 0 Å². The number of aromatic hydroxyl groups is 1. The molecule has 2 heteroatoms. The Morgan fingerprint density at radius 3 is 2.18 bits per heavy atom. The van der Waals surface area contributed by atoms with Gasteiger partial charge in [0.25, 0.3) is 0 Å². The average Bonchev–Trinajstić information content (AvgIpc) is 2.44. The highest BCUT2D eigenvalue weighted by atomic mass is 79.9. The highest BCUT2D eigenvalue weighted by Crippen LogP contribution is 2.28. The third kappa shape index (κ3) is 3.92. The Bertz CT molecular complexity index is 636. The Hall–Kier alpha value is -1.28. The van der Waals surface area contributed by atoms with Crippen LogP contribution in [0.2, 0.25) is 0 Å². The fraction of sp³-hybridized carbons (Fsp3) is 0.400. The zero-order valence-corrected chi connectivity index (χ0v) is 15.5. The summed E-state index contributed by atoms with van der Waals surface area (Å²) in [5.74, 6) is 0.739. The van der Waals surface area contributed by atoms with Crippen molar-refractivity contribution in [2.75, 3.05) is 5.33 Å². The number of rotatable bonds is 5. The number of halogens is 1. The summed E-state index contributed by atoms with van der Waals surface area (Å²) in [6, 6.07) is 10.6. The number of phenols is 1. The molecule has 0 saturated carbocycles. The highest BCUT2D eigenvalue weighted by Gasteiger charge is 2.10. The van der Waals surface area contributed by atoms with E-state index in [1.807, 2.05) is 12.1 Å². The zero-order valence-electron chi connectivity index (χ0n) is 13.9. The van der Waals surface area contributed by atoms with Crippen molar-refractivity contribution >= 4 is 15.9 Å². The van der Waals surface area contributed by atoms with Crippen LogP contribution in [0.25, 0.3) is 0 Å². The highest BCUT2D eigenvalue weighted by molar-refractivity contribution is 9.09. The van der Waals surface area contributed by atoms with E-state index in [1.54, 1.807) is 0 Å². The van der Waals surface area contributed by atoms with Crippen molar-refractivity contribution in [3.05, 3.63) is 63.7 Å². The van der Waals surface area contributed by atoms with Gasteiger partial charge in [0.1, 0.15) is 5.75 Å². The van der Waals surface area contributed by atoms with Gasteiger partial charge >= 0.3 is 0 Å². The van der Waals surface area contributed by atoms with Gasteiger partial charge in [-0.3, -0.25) is 0 Å². The Morgan fingerprint density at radius 1 is 1.00 bits per heavy atom. The van der Waals surface area contributed by atoms with E-state index in [4.69, 9.17) is 0 Å². The van der Waals surface area contributed by atoms with Crippen LogP contribution < -0.4 is 0 Å². The monoisotopic (exact) mass is 360 g/mol. The van der Waals surface area contributed by atoms with Crippen LogP contribution in [0, 0.1) is 13.8 Å². The van der Waals surface area contributed by atoms with E-state index in [1.165, 1.54) is 27.8 Å². The summed E-state index contributed by atoms with van der Waals surface area (Å²) in [4.78, 5) is 0. The average molecular weight is 361 g/mol. The van der Waals surface area contributed by atoms with Crippen LogP contribution in [0.3, 0.4) is 0 Å². The van der Waals surface area contributed by atoms with Gasteiger partial charge in [0, 0.05) is 5.33 Å². The summed E-state index contributed by atoms with van der Waals surface area (Å²) in [6.07, 6.45) is 1.99. The van der Waals surface area contributed by atoms with Crippen molar-refractivity contribution in [1.29, 1.82) is 0 Å². The first-order chi connectivity index (χ1) is 10.4. The summed E-state index contributed by atoms with van der Waals surface area (Å²) in [5.41, 5.74) is 7.80. The molecule has 0 aromatic heterocycles. The second kappa shape index (κ2) is 7.32. The molecule has 0 bridgehead atoms. The summed E-state index contributed by atoms with van der Waals surface area (Å²) in [5, 5.41) is 11.0. The largest absolute Gasteiger partial charge is 0.508 e. The van der Waals surface area contributed by atoms with Gasteiger partial charge in [-0.25, -0.2) is 0 Å². The maximum Gasteiger partial charge on any atom is 0.119 e. The van der Waals surface area contributed by atoms with Gasteiger partial charge in [0.2, 0.25) is 0 Å². The molecule has 0 atom stereocenters. The molecule has 0 aliphatic rings. The van der Waals surface area contributed by atoms with E-state index < -0.39 is 0 Å². The van der Waals surface area contributed by atoms with E-state index in [0.717, 1.165) is 23.7 Å². The van der Waals surface area contributed by atoms with Crippen LogP contribution in [-0.4, -0.2) is 10.4 Å². The Kier molecular flexibility index (Phi) is 5.69. The van der Waals surface area contributed by atoms with E-state index >= 15 is 0 Å². The molecule has 1 nitrogen and oxygen atoms in total. The molecule has 0 heterocycles. The number of benzene rings is 2. The van der Waals surface area contributed by atoms with Crippen molar-refractivity contribution in [3.8, 4) is 5.75 Å². The third-order valence-electron chi connectivity index (χ3n) is 4.23. The minimum Gasteiger partial charge on any atom is -0.508 e. The molecule has 2 rings (SSSR count). The van der Waals surface area contributed by atoms with Gasteiger partial charge in [0.15, 0.2) is 0 Å². The molecule has 2 aromatic rings. The molecular weight excluding hydrogens is 336 g/mol. The summed E-state index contributed by atoms with van der Waals surface area (Å²) < 4.78 is 0. The number of phenolic OH excluding ortho intramolecular Hbond substituents is 1. The minimum absolute atomic E-state index is 0.337. The molecule has 0 aliphatic carbocycles. The van der Waals surface area contributed by atoms with E-state index in [0.29, 0.717) is 11.7 Å². The lowest BCUT2D eigenvalue weighted by atomic mass is 9.91. The number of aryl methyl sites for hydroxylation is 3. The predicted octanol–water partition coefficient (Wildman–Crippen LogP) is 5.66. The first-order valence-corrected chi connectivity index (χ1v) is 9.01. The van der Waals surface area contributed by atoms with Crippen molar-refractivity contribution < 1.29 is 5.11 Å². The molecule has 0 aliphatic heterocycles. The van der Waals surface area contributed by atoms with Crippen LogP contribution in [0.5, 0.6) is 5.75 Å². The van der Waals surface area contributed by atoms with Crippen LogP contribution >= 0.6 is 15.9 Å². The van der Waals surface area contributed by atoms with E-state index in [-0.39, 0.29) is 0 Å². The number of alkyl halides is 1. The molecule has 0 fully saturated rings. The second-order valence-corrected chi connectivity index (χ2v) is 7.16. The normalized spacial score (nSPS) is 11.2. The summed E-state index contributed by atoms with van der Waals surface area (Å²) in [6.45, 7) is 8.63. The SMILES string of the molecule is Cc1cc(CCBr)cc(C)c1Cc1ccc(O)c(C(C)C)c1. The molecule has 1 N–H and O–H groups in total. The minimum atomic E-state index is 0.337. The van der Waals surface area contributed by atoms with Gasteiger partial charge in [0.05, 0.1) is 0 Å². The lowest BCUT2D eigenvalue weighted by molar-refractivity contribution is 0.464. The molecular formula is C20H25BrO. The fourth-order valence-corrected chi connectivity index (χ4v) is 3.45. The number of hydrogen-bond donors (Lipinski definition) is 1. The van der Waals surface area contributed by atoms with Gasteiger partial charge in [-0.1, -0.05) is 54.0 Å². The van der Waals surface area contributed by atoms with Crippen molar-refractivity contribution in [2.24, 2.45) is 0 Å². The lowest BCUT2D eigenvalue weighted by Crippen LogP contribution is -2.00. The molecule has 0 unspecified atom stereocenters. The summed E-state index contributed by atoms with van der Waals surface area (Å²) in [7, 11) is 0. The maximum atomic E-state index is 9.97. The Labute approximate surface area is 142 Å². The quantitative estimate of drug-likeness (QED) is 0.681. The topological polar surface area (TPSA) is 20.2 Å². The molecule has 0 radical (unpaired) electrons. The Balaban J connectivity index is 2.33. The zero-order chi connectivity index (χ0) is 16.3. The van der Waals surface area contributed by atoms with Crippen molar-refractivity contribution in [2.45, 2.75) is 46.5 Å². The van der Waals surface area contributed by atoms with Crippen molar-refractivity contribution in [1.82, 2.24) is 0 Å². The van der Waals surface area contributed by atoms with Gasteiger partial charge in [-0.05, 0) is 72.1 Å². The molecule has 118 valence electrons. The molecule has 2 aromatic carbocycles. The molecule has 0 amide bonds. The molecule has 22 heavy (non-hydrogen) atoms. The van der Waals surface area contributed by atoms with Crippen LogP contribution in [-0.2, 0) is 12.8 Å². The van der Waals surface area contributed by atoms with Crippen LogP contribution in [0.4, 0.5) is 0 Å². The van der Waals surface area contributed by atoms with Gasteiger partial charge < -0.3 is 5.11 Å².